The molecule has 1 aromatic carbocycles. The normalized spacial score (nSPS) is 26.6. The highest BCUT2D eigenvalue weighted by Gasteiger charge is 2.42. The summed E-state index contributed by atoms with van der Waals surface area (Å²) >= 11 is 5.99. The molecule has 1 N–H and O–H groups in total. The monoisotopic (exact) mass is 372 g/mol. The number of nitrogens with zero attached hydrogens (tertiary/aromatic N) is 2. The van der Waals surface area contributed by atoms with Gasteiger partial charge >= 0.3 is 0 Å². The molecule has 4 rings (SSSR count). The van der Waals surface area contributed by atoms with Crippen LogP contribution in [0.1, 0.15) is 31.2 Å². The number of benzene rings is 1. The molecule has 4 nitrogen and oxygen atoms in total. The molecule has 1 aromatic heterocycles. The molecule has 2 fully saturated rings. The molecule has 1 saturated carbocycles. The van der Waals surface area contributed by atoms with Crippen molar-refractivity contribution in [3.63, 3.8) is 0 Å². The van der Waals surface area contributed by atoms with Gasteiger partial charge in [0.2, 0.25) is 0 Å². The summed E-state index contributed by atoms with van der Waals surface area (Å²) in [5.74, 6) is 3.02. The van der Waals surface area contributed by atoms with E-state index in [-0.39, 0.29) is 6.10 Å². The molecule has 0 radical (unpaired) electrons. The van der Waals surface area contributed by atoms with Gasteiger partial charge in [0.05, 0.1) is 17.3 Å². The van der Waals surface area contributed by atoms with Crippen LogP contribution in [-0.2, 0) is 0 Å². The second-order valence-corrected chi connectivity index (χ2v) is 8.22. The third-order valence-corrected chi connectivity index (χ3v) is 5.97. The van der Waals surface area contributed by atoms with Crippen molar-refractivity contribution < 1.29 is 9.84 Å². The van der Waals surface area contributed by atoms with E-state index in [9.17, 15) is 5.11 Å². The lowest BCUT2D eigenvalue weighted by Crippen LogP contribution is -2.28. The van der Waals surface area contributed by atoms with Crippen LogP contribution in [0.25, 0.3) is 0 Å². The van der Waals surface area contributed by atoms with E-state index in [1.54, 1.807) is 24.5 Å². The first-order valence-electron chi connectivity index (χ1n) is 9.35. The van der Waals surface area contributed by atoms with Crippen molar-refractivity contribution in [3.8, 4) is 11.5 Å². The largest absolute Gasteiger partial charge is 0.508 e. The van der Waals surface area contributed by atoms with Crippen LogP contribution in [0.4, 0.5) is 0 Å². The highest BCUT2D eigenvalue weighted by atomic mass is 35.5. The highest BCUT2D eigenvalue weighted by molar-refractivity contribution is 6.30. The van der Waals surface area contributed by atoms with Gasteiger partial charge in [-0.2, -0.15) is 0 Å². The second-order valence-electron chi connectivity index (χ2n) is 7.78. The summed E-state index contributed by atoms with van der Waals surface area (Å²) < 4.78 is 6.10. The molecule has 2 heterocycles. The molecule has 0 amide bonds. The molecule has 1 aliphatic carbocycles. The van der Waals surface area contributed by atoms with Gasteiger partial charge in [-0.15, -0.1) is 0 Å². The summed E-state index contributed by atoms with van der Waals surface area (Å²) in [7, 11) is 0. The number of ether oxygens (including phenoxy) is 1. The fourth-order valence-electron chi connectivity index (χ4n) is 4.53. The van der Waals surface area contributed by atoms with Gasteiger partial charge in [-0.3, -0.25) is 4.98 Å². The molecule has 2 unspecified atom stereocenters. The zero-order chi connectivity index (χ0) is 18.1. The number of pyridine rings is 1. The lowest BCUT2D eigenvalue weighted by Gasteiger charge is -2.23. The summed E-state index contributed by atoms with van der Waals surface area (Å²) in [6.45, 7) is 5.64. The molecular formula is C21H25ClN2O2. The third-order valence-electron chi connectivity index (χ3n) is 5.76. The van der Waals surface area contributed by atoms with E-state index < -0.39 is 0 Å². The molecule has 1 aliphatic heterocycles. The number of fused-ring (bicyclic) bond motifs is 1. The lowest BCUT2D eigenvalue weighted by molar-refractivity contribution is 0.184. The van der Waals surface area contributed by atoms with E-state index in [0.717, 1.165) is 50.1 Å². The van der Waals surface area contributed by atoms with E-state index >= 15 is 0 Å². The number of halogens is 1. The molecule has 26 heavy (non-hydrogen) atoms. The first-order chi connectivity index (χ1) is 12.6. The zero-order valence-electron chi connectivity index (χ0n) is 15.0. The van der Waals surface area contributed by atoms with Crippen molar-refractivity contribution >= 4 is 11.6 Å². The Morgan fingerprint density at radius 3 is 2.54 bits per heavy atom. The summed E-state index contributed by atoms with van der Waals surface area (Å²) in [5, 5.41) is 10.1. The number of hydrogen-bond acceptors (Lipinski definition) is 4. The van der Waals surface area contributed by atoms with E-state index in [0.29, 0.717) is 16.7 Å². The van der Waals surface area contributed by atoms with Gasteiger partial charge in [0.15, 0.2) is 0 Å². The van der Waals surface area contributed by atoms with E-state index in [1.807, 2.05) is 18.2 Å². The van der Waals surface area contributed by atoms with Crippen molar-refractivity contribution in [1.82, 2.24) is 9.88 Å². The number of aromatic hydroxyl groups is 1. The number of rotatable bonds is 5. The Labute approximate surface area is 159 Å². The molecule has 138 valence electrons. The van der Waals surface area contributed by atoms with Crippen molar-refractivity contribution in [3.05, 3.63) is 53.3 Å². The maximum absolute atomic E-state index is 9.44. The van der Waals surface area contributed by atoms with Crippen LogP contribution in [0.3, 0.4) is 0 Å². The molecule has 5 heteroatoms. The number of phenolic OH excluding ortho intramolecular Hbond substituents is 1. The molecule has 0 spiro atoms. The number of phenols is 1. The average molecular weight is 373 g/mol. The Bertz CT molecular complexity index is 738. The minimum Gasteiger partial charge on any atom is -0.508 e. The Hall–Kier alpha value is -1.78. The zero-order valence-corrected chi connectivity index (χ0v) is 15.8. The smallest absolute Gasteiger partial charge is 0.139 e. The van der Waals surface area contributed by atoms with Crippen LogP contribution in [0, 0.1) is 11.8 Å². The van der Waals surface area contributed by atoms with Gasteiger partial charge in [-0.1, -0.05) is 30.7 Å². The summed E-state index contributed by atoms with van der Waals surface area (Å²) in [5.41, 5.74) is 1.29. The molecule has 0 bridgehead atoms. The third kappa shape index (κ3) is 3.97. The van der Waals surface area contributed by atoms with Gasteiger partial charge in [0, 0.05) is 31.9 Å². The van der Waals surface area contributed by atoms with Crippen LogP contribution in [0.5, 0.6) is 11.5 Å². The molecule has 2 aliphatic rings. The number of hydrogen-bond donors (Lipinski definition) is 1. The van der Waals surface area contributed by atoms with Crippen LogP contribution in [0.2, 0.25) is 5.02 Å². The predicted molar refractivity (Wildman–Crippen MR) is 103 cm³/mol. The van der Waals surface area contributed by atoms with Gasteiger partial charge in [0.1, 0.15) is 11.5 Å². The van der Waals surface area contributed by atoms with E-state index in [1.165, 1.54) is 5.56 Å². The molecule has 2 aromatic rings. The summed E-state index contributed by atoms with van der Waals surface area (Å²) in [6, 6.07) is 9.45. The van der Waals surface area contributed by atoms with Crippen LogP contribution >= 0.6 is 11.6 Å². The SMILES string of the molecule is CC(CN1C[C@H]2CC(Oc3cncc(Cl)c3)C[C@H]2C1)c1ccc(O)cc1. The van der Waals surface area contributed by atoms with E-state index in [2.05, 4.69) is 16.8 Å². The summed E-state index contributed by atoms with van der Waals surface area (Å²) in [6.07, 6.45) is 5.88. The molecular weight excluding hydrogens is 348 g/mol. The fourth-order valence-corrected chi connectivity index (χ4v) is 4.70. The maximum Gasteiger partial charge on any atom is 0.139 e. The quantitative estimate of drug-likeness (QED) is 0.848. The minimum absolute atomic E-state index is 0.280. The topological polar surface area (TPSA) is 45.6 Å². The Morgan fingerprint density at radius 1 is 1.19 bits per heavy atom. The number of likely N-dealkylation sites (tertiary alicyclic amines) is 1. The Balaban J connectivity index is 1.28. The van der Waals surface area contributed by atoms with Gasteiger partial charge in [-0.25, -0.2) is 0 Å². The van der Waals surface area contributed by atoms with Gasteiger partial charge < -0.3 is 14.7 Å². The molecule has 1 saturated heterocycles. The summed E-state index contributed by atoms with van der Waals surface area (Å²) in [4.78, 5) is 6.68. The van der Waals surface area contributed by atoms with Crippen LogP contribution < -0.4 is 4.74 Å². The first-order valence-corrected chi connectivity index (χ1v) is 9.73. The van der Waals surface area contributed by atoms with Crippen molar-refractivity contribution in [2.24, 2.45) is 11.8 Å². The number of aromatic nitrogens is 1. The van der Waals surface area contributed by atoms with Crippen molar-refractivity contribution in [2.75, 3.05) is 19.6 Å². The Morgan fingerprint density at radius 2 is 1.88 bits per heavy atom. The Kier molecular flexibility index (Phi) is 5.05. The maximum atomic E-state index is 9.44. The van der Waals surface area contributed by atoms with Gasteiger partial charge in [-0.05, 0) is 48.3 Å². The predicted octanol–water partition coefficient (Wildman–Crippen LogP) is 4.33. The van der Waals surface area contributed by atoms with Crippen LogP contribution in [-0.4, -0.2) is 40.7 Å². The standard InChI is InChI=1S/C21H25ClN2O2/c1-14(15-2-4-19(25)5-3-15)11-24-12-16-6-20(7-17(16)13-24)26-21-8-18(22)9-23-10-21/h2-5,8-10,14,16-17,20,25H,6-7,11-13H2,1H3/t14?,16-,17+,20?. The van der Waals surface area contributed by atoms with Crippen molar-refractivity contribution in [2.45, 2.75) is 31.8 Å². The van der Waals surface area contributed by atoms with Crippen molar-refractivity contribution in [1.29, 1.82) is 0 Å². The lowest BCUT2D eigenvalue weighted by atomic mass is 10.0. The average Bonchev–Trinajstić information content (AvgIpc) is 3.13. The second kappa shape index (κ2) is 7.45. The van der Waals surface area contributed by atoms with E-state index in [4.69, 9.17) is 16.3 Å². The highest BCUT2D eigenvalue weighted by Crippen LogP contribution is 2.40. The molecule has 4 atom stereocenters. The minimum atomic E-state index is 0.280. The fraction of sp³-hybridized carbons (Fsp3) is 0.476. The van der Waals surface area contributed by atoms with Crippen LogP contribution in [0.15, 0.2) is 42.7 Å². The van der Waals surface area contributed by atoms with Gasteiger partial charge in [0.25, 0.3) is 0 Å². The first kappa shape index (κ1) is 17.6.